The zero-order valence-corrected chi connectivity index (χ0v) is 21.1. The second-order valence-electron chi connectivity index (χ2n) is 8.86. The van der Waals surface area contributed by atoms with E-state index in [2.05, 4.69) is 25.8 Å². The number of hydrogen-bond donors (Lipinski definition) is 3. The summed E-state index contributed by atoms with van der Waals surface area (Å²) in [6.07, 6.45) is 1.46. The molecule has 0 bridgehead atoms. The molecule has 1 saturated heterocycles. The summed E-state index contributed by atoms with van der Waals surface area (Å²) in [5.74, 6) is 0.236. The van der Waals surface area contributed by atoms with Gasteiger partial charge >= 0.3 is 6.03 Å². The fourth-order valence-corrected chi connectivity index (χ4v) is 5.32. The van der Waals surface area contributed by atoms with E-state index in [1.54, 1.807) is 34.5 Å². The lowest BCUT2D eigenvalue weighted by atomic mass is 9.98. The molecular weight excluding hydrogens is 506 g/mol. The van der Waals surface area contributed by atoms with Gasteiger partial charge in [-0.15, -0.1) is 11.3 Å². The number of aromatic nitrogens is 3. The molecule has 0 atom stereocenters. The van der Waals surface area contributed by atoms with Gasteiger partial charge in [-0.3, -0.25) is 25.3 Å². The maximum atomic E-state index is 12.8. The van der Waals surface area contributed by atoms with Crippen LogP contribution in [0.2, 0.25) is 0 Å². The molecule has 0 saturated carbocycles. The number of para-hydroxylation sites is 1. The Labute approximate surface area is 222 Å². The zero-order chi connectivity index (χ0) is 26.5. The Morgan fingerprint density at radius 3 is 2.61 bits per heavy atom. The van der Waals surface area contributed by atoms with Crippen molar-refractivity contribution in [3.05, 3.63) is 92.4 Å². The largest absolute Gasteiger partial charge is 0.346 e. The van der Waals surface area contributed by atoms with Gasteiger partial charge in [0.2, 0.25) is 0 Å². The lowest BCUT2D eigenvalue weighted by molar-refractivity contribution is -0.385. The Morgan fingerprint density at radius 1 is 1.11 bits per heavy atom. The third kappa shape index (κ3) is 5.70. The molecule has 0 spiro atoms. The van der Waals surface area contributed by atoms with Gasteiger partial charge in [0.15, 0.2) is 5.82 Å². The van der Waals surface area contributed by atoms with Crippen molar-refractivity contribution < 1.29 is 14.5 Å². The predicted octanol–water partition coefficient (Wildman–Crippen LogP) is 4.78. The molecule has 38 heavy (non-hydrogen) atoms. The van der Waals surface area contributed by atoms with Crippen LogP contribution in [0.4, 0.5) is 16.3 Å². The van der Waals surface area contributed by atoms with Gasteiger partial charge in [0.25, 0.3) is 11.6 Å². The lowest BCUT2D eigenvalue weighted by Gasteiger charge is -2.30. The van der Waals surface area contributed by atoms with Crippen molar-refractivity contribution in [3.63, 3.8) is 0 Å². The highest BCUT2D eigenvalue weighted by molar-refractivity contribution is 7.09. The number of urea groups is 1. The highest BCUT2D eigenvalue weighted by Crippen LogP contribution is 2.31. The minimum absolute atomic E-state index is 0.0357. The summed E-state index contributed by atoms with van der Waals surface area (Å²) >= 11 is 1.41. The predicted molar refractivity (Wildman–Crippen MR) is 143 cm³/mol. The minimum Gasteiger partial charge on any atom is -0.346 e. The van der Waals surface area contributed by atoms with Crippen LogP contribution in [0.5, 0.6) is 0 Å². The first kappa shape index (κ1) is 25.1. The van der Waals surface area contributed by atoms with Crippen LogP contribution in [-0.4, -0.2) is 50.0 Å². The molecule has 11 nitrogen and oxygen atoms in total. The summed E-state index contributed by atoms with van der Waals surface area (Å²) in [4.78, 5) is 42.3. The number of thiazole rings is 1. The summed E-state index contributed by atoms with van der Waals surface area (Å²) in [6, 6.07) is 17.7. The van der Waals surface area contributed by atoms with E-state index in [9.17, 15) is 19.7 Å². The van der Waals surface area contributed by atoms with E-state index in [-0.39, 0.29) is 35.8 Å². The van der Waals surface area contributed by atoms with Gasteiger partial charge in [-0.1, -0.05) is 48.5 Å². The second kappa shape index (κ2) is 11.2. The van der Waals surface area contributed by atoms with Crippen LogP contribution < -0.4 is 10.6 Å². The van der Waals surface area contributed by atoms with Crippen molar-refractivity contribution >= 4 is 34.8 Å². The van der Waals surface area contributed by atoms with Crippen LogP contribution in [0.25, 0.3) is 11.3 Å². The van der Waals surface area contributed by atoms with Crippen LogP contribution in [0.15, 0.2) is 66.0 Å². The van der Waals surface area contributed by atoms with E-state index in [4.69, 9.17) is 0 Å². The first-order chi connectivity index (χ1) is 18.5. The molecule has 0 aliphatic carbocycles. The number of hydrogen-bond acceptors (Lipinski definition) is 7. The minimum atomic E-state index is -0.466. The Bertz CT molecular complexity index is 1440. The van der Waals surface area contributed by atoms with E-state index in [0.29, 0.717) is 24.5 Å². The Hall–Kier alpha value is -4.58. The molecule has 3 heterocycles. The maximum Gasteiger partial charge on any atom is 0.323 e. The molecule has 1 aliphatic rings. The number of aromatic amines is 1. The number of H-pyrrole nitrogens is 1. The molecule has 2 aromatic carbocycles. The smallest absolute Gasteiger partial charge is 0.323 e. The second-order valence-corrected chi connectivity index (χ2v) is 9.75. The van der Waals surface area contributed by atoms with Crippen LogP contribution in [0.1, 0.15) is 39.8 Å². The average molecular weight is 532 g/mol. The van der Waals surface area contributed by atoms with Gasteiger partial charge in [0, 0.05) is 48.6 Å². The molecule has 12 heteroatoms. The number of nitrogens with one attached hydrogen (secondary N) is 3. The molecule has 3 amide bonds. The van der Waals surface area contributed by atoms with Gasteiger partial charge in [-0.25, -0.2) is 9.78 Å². The quantitative estimate of drug-likeness (QED) is 0.231. The number of likely N-dealkylation sites (tertiary alicyclic amines) is 1. The molecule has 1 fully saturated rings. The van der Waals surface area contributed by atoms with Crippen molar-refractivity contribution in [2.45, 2.75) is 25.3 Å². The normalized spacial score (nSPS) is 13.7. The fraction of sp³-hybridized carbons (Fsp3) is 0.231. The third-order valence-electron chi connectivity index (χ3n) is 6.41. The Morgan fingerprint density at radius 2 is 1.84 bits per heavy atom. The van der Waals surface area contributed by atoms with Gasteiger partial charge in [-0.2, -0.15) is 5.10 Å². The first-order valence-corrected chi connectivity index (χ1v) is 13.0. The zero-order valence-electron chi connectivity index (χ0n) is 20.3. The summed E-state index contributed by atoms with van der Waals surface area (Å²) in [6.45, 7) is 1.16. The molecule has 2 aromatic heterocycles. The van der Waals surface area contributed by atoms with Crippen LogP contribution >= 0.6 is 11.3 Å². The van der Waals surface area contributed by atoms with Crippen molar-refractivity contribution in [2.75, 3.05) is 18.4 Å². The van der Waals surface area contributed by atoms with Gasteiger partial charge in [0.1, 0.15) is 5.69 Å². The number of nitrogens with zero attached hydrogens (tertiary/aromatic N) is 4. The van der Waals surface area contributed by atoms with Gasteiger partial charge in [0.05, 0.1) is 15.6 Å². The molecule has 3 N–H and O–H groups in total. The van der Waals surface area contributed by atoms with E-state index in [1.165, 1.54) is 17.4 Å². The number of rotatable bonds is 7. The Balaban J connectivity index is 1.12. The summed E-state index contributed by atoms with van der Waals surface area (Å²) in [5, 5.41) is 26.4. The number of nitro groups is 1. The summed E-state index contributed by atoms with van der Waals surface area (Å²) in [5.41, 5.74) is 2.49. The van der Waals surface area contributed by atoms with Crippen LogP contribution in [0.3, 0.4) is 0 Å². The number of piperidine rings is 1. The van der Waals surface area contributed by atoms with E-state index in [1.807, 2.05) is 30.3 Å². The number of nitro benzene ring substituents is 1. The number of amides is 3. The van der Waals surface area contributed by atoms with Crippen LogP contribution in [-0.2, 0) is 6.54 Å². The molecule has 5 rings (SSSR count). The van der Waals surface area contributed by atoms with Crippen molar-refractivity contribution in [1.29, 1.82) is 0 Å². The molecule has 0 unspecified atom stereocenters. The third-order valence-corrected chi connectivity index (χ3v) is 7.42. The number of anilines is 1. The first-order valence-electron chi connectivity index (χ1n) is 12.1. The number of carbonyl (C=O) groups is 2. The molecule has 0 radical (unpaired) electrons. The molecule has 4 aromatic rings. The van der Waals surface area contributed by atoms with Crippen molar-refractivity contribution in [2.24, 2.45) is 0 Å². The summed E-state index contributed by atoms with van der Waals surface area (Å²) < 4.78 is 0. The van der Waals surface area contributed by atoms with E-state index in [0.717, 1.165) is 29.1 Å². The Kier molecular flexibility index (Phi) is 7.40. The number of benzene rings is 2. The van der Waals surface area contributed by atoms with Gasteiger partial charge < -0.3 is 10.2 Å². The molecule has 194 valence electrons. The highest BCUT2D eigenvalue weighted by Gasteiger charge is 2.27. The lowest BCUT2D eigenvalue weighted by Crippen LogP contribution is -2.40. The standard InChI is InChI=1S/C26H25N7O4S/c34-24(27-15-19-8-4-5-9-22(19)33(36)37)21-16-38-25(28-21)18-10-12-32(13-11-18)26(35)29-23-14-20(30-31-23)17-6-2-1-3-7-17/h1-9,14,16,18H,10-13,15H2,(H,27,34)(H2,29,30,31,35). The highest BCUT2D eigenvalue weighted by atomic mass is 32.1. The van der Waals surface area contributed by atoms with Gasteiger partial charge in [-0.05, 0) is 18.4 Å². The van der Waals surface area contributed by atoms with Crippen LogP contribution in [0, 0.1) is 10.1 Å². The average Bonchev–Trinajstić information content (AvgIpc) is 3.63. The molecular formula is C26H25N7O4S. The monoisotopic (exact) mass is 531 g/mol. The van der Waals surface area contributed by atoms with Crippen molar-refractivity contribution in [3.8, 4) is 11.3 Å². The van der Waals surface area contributed by atoms with Crippen molar-refractivity contribution in [1.82, 2.24) is 25.4 Å². The number of carbonyl (C=O) groups excluding carboxylic acids is 2. The molecule has 1 aliphatic heterocycles. The topological polar surface area (TPSA) is 146 Å². The summed E-state index contributed by atoms with van der Waals surface area (Å²) in [7, 11) is 0. The SMILES string of the molecule is O=C(NCc1ccccc1[N+](=O)[O-])c1csc(C2CCN(C(=O)Nc3cc(-c4ccccc4)[nH]n3)CC2)n1. The van der Waals surface area contributed by atoms with E-state index >= 15 is 0 Å². The maximum absolute atomic E-state index is 12.8. The fourth-order valence-electron chi connectivity index (χ4n) is 4.35. The van der Waals surface area contributed by atoms with E-state index < -0.39 is 4.92 Å².